The molecule has 0 amide bonds. The second kappa shape index (κ2) is 6.78. The van der Waals surface area contributed by atoms with E-state index in [4.69, 9.17) is 11.6 Å². The van der Waals surface area contributed by atoms with Crippen LogP contribution in [0.2, 0.25) is 5.15 Å². The number of aromatic nitrogens is 2. The molecule has 1 N–H and O–H groups in total. The molecule has 0 saturated carbocycles. The molecule has 0 unspecified atom stereocenters. The Morgan fingerprint density at radius 1 is 1.08 bits per heavy atom. The Kier molecular flexibility index (Phi) is 4.73. The van der Waals surface area contributed by atoms with Gasteiger partial charge in [0, 0.05) is 16.5 Å². The van der Waals surface area contributed by atoms with E-state index in [9.17, 15) is 13.2 Å². The second-order valence-corrected chi connectivity index (χ2v) is 6.33. The van der Waals surface area contributed by atoms with Gasteiger partial charge in [-0.3, -0.25) is 0 Å². The first-order valence-corrected chi connectivity index (χ1v) is 8.16. The number of nitrogens with zero attached hydrogens (tertiary/aromatic N) is 2. The van der Waals surface area contributed by atoms with Gasteiger partial charge in [0.05, 0.1) is 12.1 Å². The van der Waals surface area contributed by atoms with Crippen LogP contribution in [0.5, 0.6) is 0 Å². The molecule has 0 aliphatic carbocycles. The summed E-state index contributed by atoms with van der Waals surface area (Å²) in [7, 11) is 0. The van der Waals surface area contributed by atoms with E-state index in [1.807, 2.05) is 17.5 Å². The van der Waals surface area contributed by atoms with Gasteiger partial charge in [-0.05, 0) is 23.6 Å². The molecule has 0 fully saturated rings. The second-order valence-electron chi connectivity index (χ2n) is 4.91. The van der Waals surface area contributed by atoms with Gasteiger partial charge < -0.3 is 5.32 Å². The highest BCUT2D eigenvalue weighted by molar-refractivity contribution is 7.09. The summed E-state index contributed by atoms with van der Waals surface area (Å²) in [6.07, 6.45) is -4.42. The van der Waals surface area contributed by atoms with Crippen LogP contribution in [0.15, 0.2) is 47.8 Å². The van der Waals surface area contributed by atoms with Gasteiger partial charge in [-0.25, -0.2) is 9.97 Å². The Hall–Kier alpha value is -2.12. The molecular formula is C16H11ClF3N3S. The molecule has 0 radical (unpaired) electrons. The van der Waals surface area contributed by atoms with Crippen molar-refractivity contribution >= 4 is 28.8 Å². The summed E-state index contributed by atoms with van der Waals surface area (Å²) in [5.41, 5.74) is -0.497. The summed E-state index contributed by atoms with van der Waals surface area (Å²) in [5.74, 6) is 0.595. The Morgan fingerprint density at radius 3 is 2.62 bits per heavy atom. The molecule has 0 atom stereocenters. The van der Waals surface area contributed by atoms with Crippen molar-refractivity contribution in [3.05, 3.63) is 63.4 Å². The van der Waals surface area contributed by atoms with Crippen molar-refractivity contribution in [2.24, 2.45) is 0 Å². The highest BCUT2D eigenvalue weighted by Gasteiger charge is 2.30. The Balaban J connectivity index is 1.88. The number of hydrogen-bond acceptors (Lipinski definition) is 4. The van der Waals surface area contributed by atoms with Gasteiger partial charge in [0.15, 0.2) is 5.82 Å². The molecule has 8 heteroatoms. The lowest BCUT2D eigenvalue weighted by molar-refractivity contribution is -0.137. The largest absolute Gasteiger partial charge is 0.416 e. The van der Waals surface area contributed by atoms with Gasteiger partial charge in [0.1, 0.15) is 11.0 Å². The molecule has 2 aromatic heterocycles. The fraction of sp³-hybridized carbons (Fsp3) is 0.125. The number of alkyl halides is 3. The van der Waals surface area contributed by atoms with Crippen LogP contribution in [0.1, 0.15) is 10.4 Å². The molecule has 0 bridgehead atoms. The average Bonchev–Trinajstić information content (AvgIpc) is 3.05. The van der Waals surface area contributed by atoms with Gasteiger partial charge in [0.2, 0.25) is 0 Å². The maximum atomic E-state index is 12.8. The number of thiophene rings is 1. The first kappa shape index (κ1) is 16.7. The molecule has 0 aliphatic heterocycles. The van der Waals surface area contributed by atoms with Crippen LogP contribution in [0.4, 0.5) is 19.0 Å². The van der Waals surface area contributed by atoms with E-state index in [1.54, 1.807) is 11.3 Å². The van der Waals surface area contributed by atoms with Crippen LogP contribution in [-0.2, 0) is 12.7 Å². The van der Waals surface area contributed by atoms with Crippen LogP contribution >= 0.6 is 22.9 Å². The standard InChI is InChI=1S/C16H11ClF3N3S/c17-13-8-14(21-9-12-5-2-6-24-12)23-15(22-13)10-3-1-4-11(7-10)16(18,19)20/h1-8H,9H2,(H,21,22,23). The zero-order valence-corrected chi connectivity index (χ0v) is 13.7. The summed E-state index contributed by atoms with van der Waals surface area (Å²) in [5, 5.41) is 5.21. The summed E-state index contributed by atoms with van der Waals surface area (Å²) < 4.78 is 38.5. The van der Waals surface area contributed by atoms with E-state index in [0.29, 0.717) is 12.4 Å². The lowest BCUT2D eigenvalue weighted by Crippen LogP contribution is -2.05. The van der Waals surface area contributed by atoms with Crippen molar-refractivity contribution in [1.82, 2.24) is 9.97 Å². The quantitative estimate of drug-likeness (QED) is 0.618. The number of hydrogen-bond donors (Lipinski definition) is 1. The predicted octanol–water partition coefficient (Wildman–Crippen LogP) is 5.49. The summed E-state index contributed by atoms with van der Waals surface area (Å²) in [6, 6.07) is 10.3. The van der Waals surface area contributed by atoms with Gasteiger partial charge >= 0.3 is 6.18 Å². The van der Waals surface area contributed by atoms with E-state index in [1.165, 1.54) is 18.2 Å². The van der Waals surface area contributed by atoms with Crippen molar-refractivity contribution < 1.29 is 13.2 Å². The van der Waals surface area contributed by atoms with Crippen LogP contribution in [0.25, 0.3) is 11.4 Å². The topological polar surface area (TPSA) is 37.8 Å². The molecule has 3 aromatic rings. The molecule has 2 heterocycles. The zero-order chi connectivity index (χ0) is 17.2. The number of anilines is 1. The van der Waals surface area contributed by atoms with Crippen LogP contribution in [-0.4, -0.2) is 9.97 Å². The van der Waals surface area contributed by atoms with Gasteiger partial charge in [-0.1, -0.05) is 29.8 Å². The van der Waals surface area contributed by atoms with E-state index in [-0.39, 0.29) is 16.5 Å². The number of nitrogens with one attached hydrogen (secondary N) is 1. The SMILES string of the molecule is FC(F)(F)c1cccc(-c2nc(Cl)cc(NCc3cccs3)n2)c1. The number of rotatable bonds is 4. The average molecular weight is 370 g/mol. The zero-order valence-electron chi connectivity index (χ0n) is 12.1. The Labute approximate surface area is 145 Å². The minimum atomic E-state index is -4.42. The van der Waals surface area contributed by atoms with Crippen molar-refractivity contribution in [2.45, 2.75) is 12.7 Å². The van der Waals surface area contributed by atoms with E-state index >= 15 is 0 Å². The molecule has 0 spiro atoms. The minimum Gasteiger partial charge on any atom is -0.365 e. The van der Waals surface area contributed by atoms with Crippen LogP contribution in [0, 0.1) is 0 Å². The van der Waals surface area contributed by atoms with E-state index in [2.05, 4.69) is 15.3 Å². The smallest absolute Gasteiger partial charge is 0.365 e. The van der Waals surface area contributed by atoms with E-state index in [0.717, 1.165) is 17.0 Å². The van der Waals surface area contributed by atoms with Gasteiger partial charge in [-0.2, -0.15) is 13.2 Å². The molecular weight excluding hydrogens is 359 g/mol. The normalized spacial score (nSPS) is 11.5. The molecule has 3 rings (SSSR count). The van der Waals surface area contributed by atoms with Crippen LogP contribution < -0.4 is 5.32 Å². The number of halogens is 4. The third-order valence-electron chi connectivity index (χ3n) is 3.17. The maximum absolute atomic E-state index is 12.8. The third-order valence-corrected chi connectivity index (χ3v) is 4.24. The van der Waals surface area contributed by atoms with Crippen molar-refractivity contribution in [3.8, 4) is 11.4 Å². The summed E-state index contributed by atoms with van der Waals surface area (Å²) >= 11 is 7.57. The van der Waals surface area contributed by atoms with Gasteiger partial charge in [0.25, 0.3) is 0 Å². The Morgan fingerprint density at radius 2 is 1.92 bits per heavy atom. The fourth-order valence-corrected chi connectivity index (χ4v) is 2.89. The first-order valence-electron chi connectivity index (χ1n) is 6.90. The third kappa shape index (κ3) is 4.04. The van der Waals surface area contributed by atoms with Crippen LogP contribution in [0.3, 0.4) is 0 Å². The number of benzene rings is 1. The molecule has 24 heavy (non-hydrogen) atoms. The minimum absolute atomic E-state index is 0.141. The lowest BCUT2D eigenvalue weighted by atomic mass is 10.1. The van der Waals surface area contributed by atoms with Gasteiger partial charge in [-0.15, -0.1) is 11.3 Å². The summed E-state index contributed by atoms with van der Waals surface area (Å²) in [4.78, 5) is 9.38. The van der Waals surface area contributed by atoms with Crippen molar-refractivity contribution in [2.75, 3.05) is 5.32 Å². The molecule has 3 nitrogen and oxygen atoms in total. The highest BCUT2D eigenvalue weighted by atomic mass is 35.5. The summed E-state index contributed by atoms with van der Waals surface area (Å²) in [6.45, 7) is 0.549. The predicted molar refractivity (Wildman–Crippen MR) is 89.1 cm³/mol. The Bertz CT molecular complexity index is 835. The van der Waals surface area contributed by atoms with Crippen molar-refractivity contribution in [1.29, 1.82) is 0 Å². The monoisotopic (exact) mass is 369 g/mol. The lowest BCUT2D eigenvalue weighted by Gasteiger charge is -2.10. The fourth-order valence-electron chi connectivity index (χ4n) is 2.06. The maximum Gasteiger partial charge on any atom is 0.416 e. The van der Waals surface area contributed by atoms with E-state index < -0.39 is 11.7 Å². The molecule has 0 saturated heterocycles. The molecule has 1 aromatic carbocycles. The highest BCUT2D eigenvalue weighted by Crippen LogP contribution is 2.32. The molecule has 0 aliphatic rings. The molecule has 124 valence electrons. The van der Waals surface area contributed by atoms with Crippen molar-refractivity contribution in [3.63, 3.8) is 0 Å². The first-order chi connectivity index (χ1) is 11.4.